The summed E-state index contributed by atoms with van der Waals surface area (Å²) in [5.74, 6) is -0.0869. The number of nitrogens with one attached hydrogen (secondary N) is 2. The first-order valence-electron chi connectivity index (χ1n) is 8.88. The molecule has 0 aliphatic carbocycles. The molecule has 1 aliphatic rings. The van der Waals surface area contributed by atoms with Gasteiger partial charge in [0.25, 0.3) is 0 Å². The van der Waals surface area contributed by atoms with E-state index in [-0.39, 0.29) is 12.4 Å². The third-order valence-electron chi connectivity index (χ3n) is 3.63. The van der Waals surface area contributed by atoms with Gasteiger partial charge in [0.1, 0.15) is 6.61 Å². The summed E-state index contributed by atoms with van der Waals surface area (Å²) in [6.07, 6.45) is 0. The van der Waals surface area contributed by atoms with Crippen LogP contribution in [-0.2, 0) is 14.3 Å². The number of aromatic hydroxyl groups is 1. The Bertz CT molecular complexity index is 691. The van der Waals surface area contributed by atoms with Gasteiger partial charge in [-0.1, -0.05) is 19.9 Å². The first kappa shape index (κ1) is 22.7. The van der Waals surface area contributed by atoms with Crippen LogP contribution in [0.4, 0.5) is 0 Å². The molecule has 0 bridgehead atoms. The zero-order chi connectivity index (χ0) is 20.4. The summed E-state index contributed by atoms with van der Waals surface area (Å²) in [5.41, 5.74) is 1.75. The van der Waals surface area contributed by atoms with Crippen LogP contribution in [0.3, 0.4) is 0 Å². The minimum absolute atomic E-state index is 0.0343. The van der Waals surface area contributed by atoms with Crippen molar-refractivity contribution in [1.82, 2.24) is 10.6 Å². The highest BCUT2D eigenvalue weighted by atomic mass is 32.1. The van der Waals surface area contributed by atoms with Crippen LogP contribution >= 0.6 is 12.2 Å². The summed E-state index contributed by atoms with van der Waals surface area (Å²) in [5, 5.41) is 16.3. The maximum atomic E-state index is 12.5. The van der Waals surface area contributed by atoms with Crippen LogP contribution in [0.25, 0.3) is 0 Å². The second-order valence-corrected chi connectivity index (χ2v) is 5.77. The molecule has 0 spiro atoms. The number of hydrogen-bond donors (Lipinski definition) is 3. The molecule has 3 N–H and O–H groups in total. The highest BCUT2D eigenvalue weighted by Crippen LogP contribution is 2.34. The van der Waals surface area contributed by atoms with E-state index < -0.39 is 12.0 Å². The predicted octanol–water partition coefficient (Wildman–Crippen LogP) is 2.80. The van der Waals surface area contributed by atoms with Crippen LogP contribution in [0.1, 0.15) is 39.3 Å². The largest absolute Gasteiger partial charge is 0.504 e. The fourth-order valence-corrected chi connectivity index (χ4v) is 2.76. The van der Waals surface area contributed by atoms with Gasteiger partial charge in [-0.05, 0) is 43.8 Å². The van der Waals surface area contributed by atoms with Gasteiger partial charge in [-0.2, -0.15) is 0 Å². The summed E-state index contributed by atoms with van der Waals surface area (Å²) in [6.45, 7) is 8.47. The fraction of sp³-hybridized carbons (Fsp3) is 0.474. The van der Waals surface area contributed by atoms with Crippen LogP contribution in [0, 0.1) is 0 Å². The molecule has 150 valence electrons. The van der Waals surface area contributed by atoms with Gasteiger partial charge in [-0.3, -0.25) is 0 Å². The van der Waals surface area contributed by atoms with E-state index in [2.05, 4.69) is 10.6 Å². The van der Waals surface area contributed by atoms with Crippen LogP contribution in [0.5, 0.6) is 11.5 Å². The molecule has 7 nitrogen and oxygen atoms in total. The van der Waals surface area contributed by atoms with Gasteiger partial charge in [0.15, 0.2) is 16.6 Å². The molecule has 8 heteroatoms. The van der Waals surface area contributed by atoms with E-state index in [1.807, 2.05) is 20.8 Å². The maximum absolute atomic E-state index is 12.5. The van der Waals surface area contributed by atoms with E-state index in [1.54, 1.807) is 19.1 Å². The molecule has 1 atom stereocenters. The van der Waals surface area contributed by atoms with E-state index in [0.717, 1.165) is 5.56 Å². The van der Waals surface area contributed by atoms with Gasteiger partial charge in [0.05, 0.1) is 24.8 Å². The number of rotatable bonds is 7. The average molecular weight is 397 g/mol. The van der Waals surface area contributed by atoms with Gasteiger partial charge in [-0.15, -0.1) is 0 Å². The molecule has 1 aliphatic heterocycles. The molecule has 1 heterocycles. The van der Waals surface area contributed by atoms with Crippen LogP contribution < -0.4 is 15.4 Å². The SMILES string of the molecule is CC.CCOc1cc(C2NC(=S)NC(C)=C2C(=O)OCCOC)ccc1O. The Morgan fingerprint density at radius 1 is 1.30 bits per heavy atom. The number of carbonyl (C=O) groups excluding carboxylic acids is 1. The lowest BCUT2D eigenvalue weighted by Crippen LogP contribution is -2.45. The summed E-state index contributed by atoms with van der Waals surface area (Å²) in [6, 6.07) is 4.40. The first-order chi connectivity index (χ1) is 13.0. The smallest absolute Gasteiger partial charge is 0.338 e. The highest BCUT2D eigenvalue weighted by molar-refractivity contribution is 7.80. The highest BCUT2D eigenvalue weighted by Gasteiger charge is 2.31. The van der Waals surface area contributed by atoms with Crippen molar-refractivity contribution in [3.63, 3.8) is 0 Å². The lowest BCUT2D eigenvalue weighted by Gasteiger charge is -2.30. The van der Waals surface area contributed by atoms with E-state index >= 15 is 0 Å². The van der Waals surface area contributed by atoms with E-state index in [1.165, 1.54) is 13.2 Å². The molecule has 1 unspecified atom stereocenters. The zero-order valence-electron chi connectivity index (χ0n) is 16.4. The quantitative estimate of drug-likeness (QED) is 0.368. The minimum atomic E-state index is -0.511. The number of phenols is 1. The van der Waals surface area contributed by atoms with E-state index in [4.69, 9.17) is 26.4 Å². The second kappa shape index (κ2) is 11.4. The van der Waals surface area contributed by atoms with Crippen molar-refractivity contribution < 1.29 is 24.1 Å². The van der Waals surface area contributed by atoms with Crippen molar-refractivity contribution in [2.45, 2.75) is 33.7 Å². The van der Waals surface area contributed by atoms with Gasteiger partial charge in [0.2, 0.25) is 0 Å². The van der Waals surface area contributed by atoms with Gasteiger partial charge >= 0.3 is 5.97 Å². The summed E-state index contributed by atoms with van der Waals surface area (Å²) in [7, 11) is 1.54. The fourth-order valence-electron chi connectivity index (χ4n) is 2.49. The molecule has 0 amide bonds. The van der Waals surface area contributed by atoms with Crippen molar-refractivity contribution in [1.29, 1.82) is 0 Å². The normalized spacial score (nSPS) is 15.9. The topological polar surface area (TPSA) is 89.1 Å². The molecule has 2 rings (SSSR count). The number of phenolic OH excluding ortho intramolecular Hbond substituents is 1. The lowest BCUT2D eigenvalue weighted by atomic mass is 9.95. The van der Waals surface area contributed by atoms with Crippen LogP contribution in [0.15, 0.2) is 29.5 Å². The summed E-state index contributed by atoms with van der Waals surface area (Å²) >= 11 is 5.21. The molecule has 1 aromatic carbocycles. The number of methoxy groups -OCH3 is 1. The van der Waals surface area contributed by atoms with E-state index in [9.17, 15) is 9.90 Å². The Kier molecular flexibility index (Phi) is 9.60. The third-order valence-corrected chi connectivity index (χ3v) is 3.85. The molecule has 0 aromatic heterocycles. The minimum Gasteiger partial charge on any atom is -0.504 e. The molecular weight excluding hydrogens is 368 g/mol. The molecular formula is C19H28N2O5S. The summed E-state index contributed by atoms with van der Waals surface area (Å²) < 4.78 is 15.6. The monoisotopic (exact) mass is 396 g/mol. The lowest BCUT2D eigenvalue weighted by molar-refractivity contribution is -0.140. The third kappa shape index (κ3) is 6.11. The molecule has 0 radical (unpaired) electrons. The number of thiocarbonyl (C=S) groups is 1. The Balaban J connectivity index is 0.00000176. The Hall–Kier alpha value is -2.32. The van der Waals surface area contributed by atoms with Gasteiger partial charge < -0.3 is 30.0 Å². The van der Waals surface area contributed by atoms with Gasteiger partial charge in [-0.25, -0.2) is 4.79 Å². The molecule has 1 aromatic rings. The first-order valence-corrected chi connectivity index (χ1v) is 9.28. The number of hydrogen-bond acceptors (Lipinski definition) is 6. The summed E-state index contributed by atoms with van der Waals surface area (Å²) in [4.78, 5) is 12.5. The Labute approximate surface area is 165 Å². The molecule has 0 saturated carbocycles. The van der Waals surface area contributed by atoms with Crippen LogP contribution in [0.2, 0.25) is 0 Å². The number of carbonyl (C=O) groups is 1. The molecule has 27 heavy (non-hydrogen) atoms. The Morgan fingerprint density at radius 2 is 2.00 bits per heavy atom. The van der Waals surface area contributed by atoms with Crippen molar-refractivity contribution in [3.05, 3.63) is 35.0 Å². The van der Waals surface area contributed by atoms with Crippen molar-refractivity contribution >= 4 is 23.3 Å². The number of ether oxygens (including phenoxy) is 3. The zero-order valence-corrected chi connectivity index (χ0v) is 17.2. The average Bonchev–Trinajstić information content (AvgIpc) is 2.65. The molecule has 0 fully saturated rings. The molecule has 0 saturated heterocycles. The van der Waals surface area contributed by atoms with Crippen LogP contribution in [-0.4, -0.2) is 43.1 Å². The second-order valence-electron chi connectivity index (χ2n) is 5.36. The van der Waals surface area contributed by atoms with Crippen molar-refractivity contribution in [2.75, 3.05) is 26.9 Å². The van der Waals surface area contributed by atoms with Gasteiger partial charge in [0, 0.05) is 12.8 Å². The van der Waals surface area contributed by atoms with Crippen molar-refractivity contribution in [3.8, 4) is 11.5 Å². The number of allylic oxidation sites excluding steroid dienone is 1. The maximum Gasteiger partial charge on any atom is 0.338 e. The number of benzene rings is 1. The van der Waals surface area contributed by atoms with E-state index in [0.29, 0.717) is 35.3 Å². The Morgan fingerprint density at radius 3 is 2.63 bits per heavy atom. The number of esters is 1. The predicted molar refractivity (Wildman–Crippen MR) is 108 cm³/mol. The van der Waals surface area contributed by atoms with Crippen molar-refractivity contribution in [2.24, 2.45) is 0 Å². The standard InChI is InChI=1S/C17H22N2O5S.C2H6/c1-4-23-13-9-11(5-6-12(13)20)15-14(10(2)18-17(25)19-15)16(21)24-8-7-22-3;1-2/h5-6,9,15,20H,4,7-8H2,1-3H3,(H2,18,19,25);1-2H3.